The third-order valence-corrected chi connectivity index (χ3v) is 2.75. The molecular formula is C10H21N3O2. The van der Waals surface area contributed by atoms with Crippen LogP contribution in [0, 0.1) is 0 Å². The lowest BCUT2D eigenvalue weighted by Crippen LogP contribution is -2.38. The van der Waals surface area contributed by atoms with Gasteiger partial charge in [-0.25, -0.2) is 0 Å². The largest absolute Gasteiger partial charge is 0.409 e. The summed E-state index contributed by atoms with van der Waals surface area (Å²) in [5.74, 6) is 0.307. The second-order valence-electron chi connectivity index (χ2n) is 3.84. The first-order valence-corrected chi connectivity index (χ1v) is 5.56. The third kappa shape index (κ3) is 4.48. The number of nitrogens with zero attached hydrogens (tertiary/aromatic N) is 2. The number of oxime groups is 1. The molecule has 0 aliphatic carbocycles. The number of piperidine rings is 1. The molecule has 1 heterocycles. The monoisotopic (exact) mass is 215 g/mol. The molecule has 1 rings (SSSR count). The molecule has 5 heteroatoms. The second kappa shape index (κ2) is 6.63. The summed E-state index contributed by atoms with van der Waals surface area (Å²) in [6, 6.07) is 0. The van der Waals surface area contributed by atoms with Gasteiger partial charge in [0.05, 0.1) is 6.10 Å². The third-order valence-electron chi connectivity index (χ3n) is 2.75. The van der Waals surface area contributed by atoms with Crippen LogP contribution in [-0.4, -0.2) is 48.3 Å². The lowest BCUT2D eigenvalue weighted by atomic mass is 10.1. The fourth-order valence-corrected chi connectivity index (χ4v) is 1.86. The zero-order valence-corrected chi connectivity index (χ0v) is 9.35. The number of amidine groups is 1. The highest BCUT2D eigenvalue weighted by molar-refractivity contribution is 5.79. The molecule has 0 spiro atoms. The highest BCUT2D eigenvalue weighted by Gasteiger charge is 2.18. The van der Waals surface area contributed by atoms with Gasteiger partial charge in [-0.15, -0.1) is 0 Å². The summed E-state index contributed by atoms with van der Waals surface area (Å²) in [7, 11) is 0. The highest BCUT2D eigenvalue weighted by Crippen LogP contribution is 2.13. The molecule has 1 fully saturated rings. The molecule has 3 N–H and O–H groups in total. The van der Waals surface area contributed by atoms with E-state index in [9.17, 15) is 0 Å². The fourth-order valence-electron chi connectivity index (χ4n) is 1.86. The van der Waals surface area contributed by atoms with Gasteiger partial charge >= 0.3 is 0 Å². The SMILES string of the molecule is CCOC1CCN(CCC(N)=NO)CC1. The van der Waals surface area contributed by atoms with Crippen LogP contribution in [0.2, 0.25) is 0 Å². The molecule has 0 amide bonds. The van der Waals surface area contributed by atoms with E-state index in [0.29, 0.717) is 18.4 Å². The molecule has 1 aliphatic heterocycles. The molecule has 0 radical (unpaired) electrons. The Bertz CT molecular complexity index is 201. The van der Waals surface area contributed by atoms with E-state index in [-0.39, 0.29) is 0 Å². The quantitative estimate of drug-likeness (QED) is 0.305. The van der Waals surface area contributed by atoms with Gasteiger partial charge < -0.3 is 20.6 Å². The lowest BCUT2D eigenvalue weighted by Gasteiger charge is -2.31. The summed E-state index contributed by atoms with van der Waals surface area (Å²) in [5, 5.41) is 11.4. The number of ether oxygens (including phenoxy) is 1. The van der Waals surface area contributed by atoms with Crippen molar-refractivity contribution in [3.63, 3.8) is 0 Å². The molecule has 1 saturated heterocycles. The Kier molecular flexibility index (Phi) is 5.42. The Morgan fingerprint density at radius 2 is 2.20 bits per heavy atom. The summed E-state index contributed by atoms with van der Waals surface area (Å²) in [4.78, 5) is 2.33. The topological polar surface area (TPSA) is 71.1 Å². The Morgan fingerprint density at radius 3 is 2.73 bits per heavy atom. The summed E-state index contributed by atoms with van der Waals surface area (Å²) in [6.07, 6.45) is 3.24. The van der Waals surface area contributed by atoms with Crippen LogP contribution in [0.15, 0.2) is 5.16 Å². The zero-order chi connectivity index (χ0) is 11.1. The number of hydrogen-bond acceptors (Lipinski definition) is 4. The van der Waals surface area contributed by atoms with Crippen LogP contribution in [0.5, 0.6) is 0 Å². The van der Waals surface area contributed by atoms with Gasteiger partial charge in [-0.1, -0.05) is 5.16 Å². The molecule has 0 aromatic rings. The van der Waals surface area contributed by atoms with Crippen molar-refractivity contribution < 1.29 is 9.94 Å². The minimum Gasteiger partial charge on any atom is -0.409 e. The number of rotatable bonds is 5. The summed E-state index contributed by atoms with van der Waals surface area (Å²) in [5.41, 5.74) is 5.41. The Hall–Kier alpha value is -0.810. The van der Waals surface area contributed by atoms with E-state index >= 15 is 0 Å². The first-order chi connectivity index (χ1) is 7.26. The maximum atomic E-state index is 8.40. The normalized spacial score (nSPS) is 20.7. The molecule has 0 aromatic heterocycles. The van der Waals surface area contributed by atoms with Gasteiger partial charge in [0.25, 0.3) is 0 Å². The molecule has 15 heavy (non-hydrogen) atoms. The van der Waals surface area contributed by atoms with Crippen molar-refractivity contribution in [2.45, 2.75) is 32.3 Å². The van der Waals surface area contributed by atoms with Crippen molar-refractivity contribution in [1.29, 1.82) is 0 Å². The molecule has 88 valence electrons. The van der Waals surface area contributed by atoms with Crippen LogP contribution in [0.1, 0.15) is 26.2 Å². The van der Waals surface area contributed by atoms with E-state index in [0.717, 1.165) is 39.1 Å². The lowest BCUT2D eigenvalue weighted by molar-refractivity contribution is 0.0148. The summed E-state index contributed by atoms with van der Waals surface area (Å²) < 4.78 is 5.56. The van der Waals surface area contributed by atoms with Gasteiger partial charge in [0, 0.05) is 32.7 Å². The second-order valence-corrected chi connectivity index (χ2v) is 3.84. The average molecular weight is 215 g/mol. The zero-order valence-electron chi connectivity index (χ0n) is 9.35. The Balaban J connectivity index is 2.14. The first-order valence-electron chi connectivity index (χ1n) is 5.56. The van der Waals surface area contributed by atoms with Crippen molar-refractivity contribution in [3.8, 4) is 0 Å². The molecular weight excluding hydrogens is 194 g/mol. The summed E-state index contributed by atoms with van der Waals surface area (Å²) in [6.45, 7) is 5.79. The van der Waals surface area contributed by atoms with Crippen LogP contribution in [-0.2, 0) is 4.74 Å². The van der Waals surface area contributed by atoms with E-state index in [1.165, 1.54) is 0 Å². The predicted molar refractivity (Wildman–Crippen MR) is 59.1 cm³/mol. The number of likely N-dealkylation sites (tertiary alicyclic amines) is 1. The highest BCUT2D eigenvalue weighted by atomic mass is 16.5. The number of hydrogen-bond donors (Lipinski definition) is 2. The molecule has 0 bridgehead atoms. The Labute approximate surface area is 90.9 Å². The fraction of sp³-hybridized carbons (Fsp3) is 0.900. The molecule has 0 aromatic carbocycles. The van der Waals surface area contributed by atoms with E-state index in [1.54, 1.807) is 0 Å². The van der Waals surface area contributed by atoms with Crippen molar-refractivity contribution in [2.75, 3.05) is 26.2 Å². The molecule has 0 saturated carbocycles. The van der Waals surface area contributed by atoms with Gasteiger partial charge in [-0.05, 0) is 19.8 Å². The van der Waals surface area contributed by atoms with Crippen LogP contribution < -0.4 is 5.73 Å². The molecule has 0 atom stereocenters. The average Bonchev–Trinajstić information content (AvgIpc) is 2.28. The smallest absolute Gasteiger partial charge is 0.140 e. The van der Waals surface area contributed by atoms with Gasteiger partial charge in [-0.3, -0.25) is 0 Å². The maximum Gasteiger partial charge on any atom is 0.140 e. The van der Waals surface area contributed by atoms with E-state index in [2.05, 4.69) is 10.1 Å². The van der Waals surface area contributed by atoms with Crippen molar-refractivity contribution in [3.05, 3.63) is 0 Å². The van der Waals surface area contributed by atoms with Crippen LogP contribution in [0.4, 0.5) is 0 Å². The predicted octanol–water partition coefficient (Wildman–Crippen LogP) is 0.624. The Morgan fingerprint density at radius 1 is 1.53 bits per heavy atom. The first kappa shape index (κ1) is 12.3. The van der Waals surface area contributed by atoms with Crippen molar-refractivity contribution in [1.82, 2.24) is 4.90 Å². The van der Waals surface area contributed by atoms with Crippen molar-refractivity contribution in [2.24, 2.45) is 10.9 Å². The standard InChI is InChI=1S/C10H21N3O2/c1-2-15-9-3-6-13(7-4-9)8-5-10(11)12-14/h9,14H,2-8H2,1H3,(H2,11,12). The van der Waals surface area contributed by atoms with E-state index in [4.69, 9.17) is 15.7 Å². The van der Waals surface area contributed by atoms with E-state index < -0.39 is 0 Å². The minimum atomic E-state index is 0.307. The molecule has 5 nitrogen and oxygen atoms in total. The summed E-state index contributed by atoms with van der Waals surface area (Å²) >= 11 is 0. The van der Waals surface area contributed by atoms with Gasteiger partial charge in [0.1, 0.15) is 5.84 Å². The minimum absolute atomic E-state index is 0.307. The molecule has 0 unspecified atom stereocenters. The van der Waals surface area contributed by atoms with Crippen molar-refractivity contribution >= 4 is 5.84 Å². The van der Waals surface area contributed by atoms with E-state index in [1.807, 2.05) is 6.92 Å². The van der Waals surface area contributed by atoms with Crippen LogP contribution >= 0.6 is 0 Å². The number of nitrogens with two attached hydrogens (primary N) is 1. The van der Waals surface area contributed by atoms with Crippen LogP contribution in [0.25, 0.3) is 0 Å². The van der Waals surface area contributed by atoms with Gasteiger partial charge in [-0.2, -0.15) is 0 Å². The van der Waals surface area contributed by atoms with Crippen LogP contribution in [0.3, 0.4) is 0 Å². The van der Waals surface area contributed by atoms with Gasteiger partial charge in [0.2, 0.25) is 0 Å². The maximum absolute atomic E-state index is 8.40. The molecule has 1 aliphatic rings. The van der Waals surface area contributed by atoms with Gasteiger partial charge in [0.15, 0.2) is 0 Å².